The van der Waals surface area contributed by atoms with Gasteiger partial charge in [0.1, 0.15) is 12.1 Å². The van der Waals surface area contributed by atoms with Crippen molar-refractivity contribution >= 4 is 5.82 Å². The minimum absolute atomic E-state index is 0.638. The van der Waals surface area contributed by atoms with Crippen molar-refractivity contribution in [2.75, 3.05) is 37.6 Å². The van der Waals surface area contributed by atoms with E-state index in [9.17, 15) is 0 Å². The Bertz CT molecular complexity index is 401. The molecule has 0 saturated carbocycles. The maximum atomic E-state index is 5.71. The number of hydrogen-bond donors (Lipinski definition) is 1. The van der Waals surface area contributed by atoms with Gasteiger partial charge in [0, 0.05) is 44.0 Å². The molecule has 1 unspecified atom stereocenters. The second-order valence-electron chi connectivity index (χ2n) is 5.38. The van der Waals surface area contributed by atoms with E-state index in [0.717, 1.165) is 57.1 Å². The molecule has 0 amide bonds. The van der Waals surface area contributed by atoms with Crippen molar-refractivity contribution in [2.45, 2.75) is 39.2 Å². The fourth-order valence-corrected chi connectivity index (χ4v) is 2.91. The van der Waals surface area contributed by atoms with Crippen LogP contribution in [-0.2, 0) is 6.42 Å². The monoisotopic (exact) mass is 277 g/mol. The maximum absolute atomic E-state index is 5.71. The zero-order valence-electron chi connectivity index (χ0n) is 12.8. The van der Waals surface area contributed by atoms with Crippen LogP contribution in [0.25, 0.3) is 0 Å². The van der Waals surface area contributed by atoms with Crippen LogP contribution in [0.15, 0.2) is 12.4 Å². The maximum Gasteiger partial charge on any atom is 0.132 e. The Hall–Kier alpha value is -1.20. The Balaban J connectivity index is 1.93. The molecule has 1 fully saturated rings. The Morgan fingerprint density at radius 1 is 1.20 bits per heavy atom. The first-order valence-electron chi connectivity index (χ1n) is 7.78. The lowest BCUT2D eigenvalue weighted by Gasteiger charge is -2.39. The molecular formula is C15H27N5. The average molecular weight is 277 g/mol. The molecule has 0 radical (unpaired) electrons. The fraction of sp³-hybridized carbons (Fsp3) is 0.733. The van der Waals surface area contributed by atoms with Crippen molar-refractivity contribution in [3.63, 3.8) is 0 Å². The first kappa shape index (κ1) is 15.2. The number of nitrogens with zero attached hydrogens (tertiary/aromatic N) is 4. The lowest BCUT2D eigenvalue weighted by Crippen LogP contribution is -2.51. The van der Waals surface area contributed by atoms with Crippen molar-refractivity contribution in [3.05, 3.63) is 18.1 Å². The van der Waals surface area contributed by atoms with E-state index in [0.29, 0.717) is 6.04 Å². The molecule has 112 valence electrons. The van der Waals surface area contributed by atoms with Gasteiger partial charge in [0.25, 0.3) is 0 Å². The Morgan fingerprint density at radius 3 is 2.55 bits per heavy atom. The number of nitrogens with two attached hydrogens (primary N) is 1. The van der Waals surface area contributed by atoms with E-state index in [-0.39, 0.29) is 0 Å². The van der Waals surface area contributed by atoms with E-state index < -0.39 is 0 Å². The van der Waals surface area contributed by atoms with E-state index in [1.807, 2.05) is 0 Å². The van der Waals surface area contributed by atoms with Gasteiger partial charge in [-0.15, -0.1) is 0 Å². The summed E-state index contributed by atoms with van der Waals surface area (Å²) in [6, 6.07) is 2.76. The number of anilines is 1. The normalized spacial score (nSPS) is 18.2. The highest BCUT2D eigenvalue weighted by atomic mass is 15.3. The van der Waals surface area contributed by atoms with Crippen molar-refractivity contribution in [1.82, 2.24) is 14.9 Å². The molecule has 0 aromatic carbocycles. The van der Waals surface area contributed by atoms with Gasteiger partial charge in [-0.05, 0) is 25.8 Å². The molecule has 5 nitrogen and oxygen atoms in total. The molecule has 1 aromatic rings. The van der Waals surface area contributed by atoms with Crippen LogP contribution in [0.1, 0.15) is 32.4 Å². The van der Waals surface area contributed by atoms with Gasteiger partial charge in [0.15, 0.2) is 0 Å². The highest BCUT2D eigenvalue weighted by molar-refractivity contribution is 5.39. The van der Waals surface area contributed by atoms with Gasteiger partial charge in [-0.1, -0.05) is 13.8 Å². The van der Waals surface area contributed by atoms with Crippen LogP contribution in [0.4, 0.5) is 5.82 Å². The Morgan fingerprint density at radius 2 is 1.95 bits per heavy atom. The molecule has 2 N–H and O–H groups in total. The molecule has 5 heteroatoms. The summed E-state index contributed by atoms with van der Waals surface area (Å²) in [6.07, 6.45) is 4.93. The van der Waals surface area contributed by atoms with E-state index in [1.165, 1.54) is 6.42 Å². The quantitative estimate of drug-likeness (QED) is 0.849. The molecule has 0 aliphatic carbocycles. The van der Waals surface area contributed by atoms with Gasteiger partial charge in [0.05, 0.1) is 0 Å². The van der Waals surface area contributed by atoms with Gasteiger partial charge in [-0.3, -0.25) is 4.90 Å². The summed E-state index contributed by atoms with van der Waals surface area (Å²) in [5.74, 6) is 1.07. The van der Waals surface area contributed by atoms with Crippen LogP contribution in [0.2, 0.25) is 0 Å². The SMILES string of the molecule is CCc1cc(N2CCN(C(CC)CCN)CC2)ncn1. The fourth-order valence-electron chi connectivity index (χ4n) is 2.91. The van der Waals surface area contributed by atoms with E-state index >= 15 is 0 Å². The minimum Gasteiger partial charge on any atom is -0.354 e. The zero-order valence-corrected chi connectivity index (χ0v) is 12.8. The highest BCUT2D eigenvalue weighted by Crippen LogP contribution is 2.17. The summed E-state index contributed by atoms with van der Waals surface area (Å²) >= 11 is 0. The summed E-state index contributed by atoms with van der Waals surface area (Å²) < 4.78 is 0. The third kappa shape index (κ3) is 3.67. The lowest BCUT2D eigenvalue weighted by atomic mass is 10.1. The minimum atomic E-state index is 0.638. The van der Waals surface area contributed by atoms with Gasteiger partial charge >= 0.3 is 0 Å². The summed E-state index contributed by atoms with van der Waals surface area (Å²) in [6.45, 7) is 9.45. The molecule has 0 spiro atoms. The second kappa shape index (κ2) is 7.55. The third-order valence-corrected chi connectivity index (χ3v) is 4.20. The number of aryl methyl sites for hydroxylation is 1. The van der Waals surface area contributed by atoms with Gasteiger partial charge in [0.2, 0.25) is 0 Å². The lowest BCUT2D eigenvalue weighted by molar-refractivity contribution is 0.173. The van der Waals surface area contributed by atoms with Gasteiger partial charge in [-0.2, -0.15) is 0 Å². The summed E-state index contributed by atoms with van der Waals surface area (Å²) in [4.78, 5) is 13.6. The predicted molar refractivity (Wildman–Crippen MR) is 82.9 cm³/mol. The molecular weight excluding hydrogens is 250 g/mol. The van der Waals surface area contributed by atoms with Crippen molar-refractivity contribution in [1.29, 1.82) is 0 Å². The first-order chi connectivity index (χ1) is 9.78. The zero-order chi connectivity index (χ0) is 14.4. The van der Waals surface area contributed by atoms with Crippen LogP contribution in [0, 0.1) is 0 Å². The number of piperazine rings is 1. The molecule has 1 aliphatic rings. The summed E-state index contributed by atoms with van der Waals surface area (Å²) in [5, 5.41) is 0. The number of rotatable bonds is 6. The Kier molecular flexibility index (Phi) is 5.73. The van der Waals surface area contributed by atoms with Crippen molar-refractivity contribution in [3.8, 4) is 0 Å². The summed E-state index contributed by atoms with van der Waals surface area (Å²) in [7, 11) is 0. The number of hydrogen-bond acceptors (Lipinski definition) is 5. The van der Waals surface area contributed by atoms with Crippen LogP contribution in [-0.4, -0.2) is 53.6 Å². The molecule has 2 rings (SSSR count). The smallest absolute Gasteiger partial charge is 0.132 e. The van der Waals surface area contributed by atoms with E-state index in [2.05, 4.69) is 39.7 Å². The molecule has 1 aliphatic heterocycles. The first-order valence-corrected chi connectivity index (χ1v) is 7.78. The van der Waals surface area contributed by atoms with Crippen LogP contribution >= 0.6 is 0 Å². The third-order valence-electron chi connectivity index (χ3n) is 4.20. The molecule has 1 atom stereocenters. The van der Waals surface area contributed by atoms with E-state index in [4.69, 9.17) is 5.73 Å². The van der Waals surface area contributed by atoms with Crippen LogP contribution in [0.3, 0.4) is 0 Å². The van der Waals surface area contributed by atoms with Crippen LogP contribution < -0.4 is 10.6 Å². The van der Waals surface area contributed by atoms with Crippen molar-refractivity contribution < 1.29 is 0 Å². The standard InChI is InChI=1S/C15H27N5/c1-3-13-11-15(18-12-17-13)20-9-7-19(8-10-20)14(4-2)5-6-16/h11-12,14H,3-10,16H2,1-2H3. The largest absolute Gasteiger partial charge is 0.354 e. The second-order valence-corrected chi connectivity index (χ2v) is 5.38. The average Bonchev–Trinajstić information content (AvgIpc) is 2.53. The predicted octanol–water partition coefficient (Wildman–Crippen LogP) is 1.29. The molecule has 1 saturated heterocycles. The van der Waals surface area contributed by atoms with Gasteiger partial charge in [-0.25, -0.2) is 9.97 Å². The van der Waals surface area contributed by atoms with Crippen LogP contribution in [0.5, 0.6) is 0 Å². The highest BCUT2D eigenvalue weighted by Gasteiger charge is 2.23. The molecule has 1 aromatic heterocycles. The number of aromatic nitrogens is 2. The summed E-state index contributed by atoms with van der Waals surface area (Å²) in [5.41, 5.74) is 6.83. The molecule has 2 heterocycles. The Labute approximate surface area is 122 Å². The van der Waals surface area contributed by atoms with E-state index in [1.54, 1.807) is 6.33 Å². The topological polar surface area (TPSA) is 58.3 Å². The van der Waals surface area contributed by atoms with Crippen molar-refractivity contribution in [2.24, 2.45) is 5.73 Å². The molecule has 0 bridgehead atoms. The molecule has 20 heavy (non-hydrogen) atoms. The van der Waals surface area contributed by atoms with Gasteiger partial charge < -0.3 is 10.6 Å².